The first-order valence-electron chi connectivity index (χ1n) is 6.42. The Labute approximate surface area is 121 Å². The number of ether oxygens (including phenoxy) is 2. The van der Waals surface area contributed by atoms with Crippen molar-refractivity contribution in [1.29, 1.82) is 0 Å². The Balaban J connectivity index is 1.84. The van der Waals surface area contributed by atoms with Crippen molar-refractivity contribution in [2.75, 3.05) is 13.2 Å². The van der Waals surface area contributed by atoms with E-state index in [1.165, 1.54) is 18.3 Å². The van der Waals surface area contributed by atoms with Crippen molar-refractivity contribution in [3.05, 3.63) is 35.4 Å². The number of hydrogen-bond donors (Lipinski definition) is 2. The van der Waals surface area contributed by atoms with Gasteiger partial charge >= 0.3 is 5.97 Å². The van der Waals surface area contributed by atoms with Crippen LogP contribution in [0.2, 0.25) is 0 Å². The van der Waals surface area contributed by atoms with E-state index in [2.05, 4.69) is 10.5 Å². The zero-order valence-electron chi connectivity index (χ0n) is 11.5. The lowest BCUT2D eigenvalue weighted by molar-refractivity contribution is -0.159. The summed E-state index contributed by atoms with van der Waals surface area (Å²) in [6.07, 6.45) is 1.49. The third kappa shape index (κ3) is 4.37. The first-order valence-corrected chi connectivity index (χ1v) is 6.42. The van der Waals surface area contributed by atoms with Crippen molar-refractivity contribution in [3.63, 3.8) is 0 Å². The fourth-order valence-corrected chi connectivity index (χ4v) is 1.88. The molecule has 0 radical (unpaired) electrons. The molecule has 1 fully saturated rings. The summed E-state index contributed by atoms with van der Waals surface area (Å²) in [5.41, 5.74) is 3.25. The Kier molecular flexibility index (Phi) is 4.66. The number of carbonyl (C=O) groups is 2. The molecule has 0 aliphatic carbocycles. The molecule has 0 unspecified atom stereocenters. The van der Waals surface area contributed by atoms with E-state index in [1.807, 2.05) is 0 Å². The average Bonchev–Trinajstić information content (AvgIpc) is 2.85. The standard InChI is InChI=1S/C14H16N2O5/c1-14(20-6-7-21-14)8-12(17)16-15-9-10-2-4-11(5-3-10)13(18)19/h2-5,9H,6-8H2,1H3,(H,16,17)(H,18,19)/b15-9-. The highest BCUT2D eigenvalue weighted by molar-refractivity contribution is 5.89. The quantitative estimate of drug-likeness (QED) is 0.623. The SMILES string of the molecule is CC1(CC(=O)N/N=C\c2ccc(C(=O)O)cc2)OCCO1. The predicted octanol–water partition coefficient (Wildman–Crippen LogP) is 0.988. The molecule has 2 N–H and O–H groups in total. The topological polar surface area (TPSA) is 97.2 Å². The lowest BCUT2D eigenvalue weighted by atomic mass is 10.1. The Morgan fingerprint density at radius 2 is 1.95 bits per heavy atom. The zero-order chi connectivity index (χ0) is 15.3. The molecule has 1 aliphatic heterocycles. The molecule has 0 atom stereocenters. The van der Waals surface area contributed by atoms with Crippen molar-refractivity contribution in [2.45, 2.75) is 19.1 Å². The largest absolute Gasteiger partial charge is 0.478 e. The fraction of sp³-hybridized carbons (Fsp3) is 0.357. The molecule has 0 aromatic heterocycles. The molecule has 2 rings (SSSR count). The van der Waals surface area contributed by atoms with E-state index < -0.39 is 11.8 Å². The van der Waals surface area contributed by atoms with Crippen LogP contribution in [0.15, 0.2) is 29.4 Å². The van der Waals surface area contributed by atoms with Gasteiger partial charge in [0.05, 0.1) is 31.4 Å². The van der Waals surface area contributed by atoms with Crippen LogP contribution in [0.5, 0.6) is 0 Å². The molecule has 1 aliphatic rings. The van der Waals surface area contributed by atoms with E-state index in [4.69, 9.17) is 14.6 Å². The number of aromatic carboxylic acids is 1. The number of hydrazone groups is 1. The summed E-state index contributed by atoms with van der Waals surface area (Å²) in [6.45, 7) is 2.65. The molecule has 1 aromatic rings. The number of nitrogens with zero attached hydrogens (tertiary/aromatic N) is 1. The van der Waals surface area contributed by atoms with Crippen LogP contribution in [0, 0.1) is 0 Å². The van der Waals surface area contributed by atoms with E-state index in [0.29, 0.717) is 18.8 Å². The highest BCUT2D eigenvalue weighted by Gasteiger charge is 2.33. The van der Waals surface area contributed by atoms with E-state index in [9.17, 15) is 9.59 Å². The fourth-order valence-electron chi connectivity index (χ4n) is 1.88. The van der Waals surface area contributed by atoms with Gasteiger partial charge in [-0.25, -0.2) is 10.2 Å². The van der Waals surface area contributed by atoms with Crippen LogP contribution in [0.3, 0.4) is 0 Å². The van der Waals surface area contributed by atoms with E-state index in [-0.39, 0.29) is 17.9 Å². The van der Waals surface area contributed by atoms with Gasteiger partial charge in [0.2, 0.25) is 5.91 Å². The lowest BCUT2D eigenvalue weighted by Gasteiger charge is -2.20. The Hall–Kier alpha value is -2.25. The number of nitrogens with one attached hydrogen (secondary N) is 1. The highest BCUT2D eigenvalue weighted by atomic mass is 16.7. The van der Waals surface area contributed by atoms with Crippen molar-refractivity contribution in [1.82, 2.24) is 5.43 Å². The summed E-state index contributed by atoms with van der Waals surface area (Å²) in [4.78, 5) is 22.4. The van der Waals surface area contributed by atoms with Crippen LogP contribution in [0.4, 0.5) is 0 Å². The Bertz CT molecular complexity index is 547. The van der Waals surface area contributed by atoms with Crippen molar-refractivity contribution >= 4 is 18.1 Å². The van der Waals surface area contributed by atoms with Gasteiger partial charge in [0.25, 0.3) is 0 Å². The third-order valence-electron chi connectivity index (χ3n) is 2.94. The number of carbonyl (C=O) groups excluding carboxylic acids is 1. The summed E-state index contributed by atoms with van der Waals surface area (Å²) in [5.74, 6) is -2.20. The molecule has 112 valence electrons. The van der Waals surface area contributed by atoms with Gasteiger partial charge in [0, 0.05) is 0 Å². The van der Waals surface area contributed by atoms with Gasteiger partial charge in [-0.05, 0) is 24.6 Å². The summed E-state index contributed by atoms with van der Waals surface area (Å²) in [6, 6.07) is 6.13. The maximum atomic E-state index is 11.7. The molecule has 7 nitrogen and oxygen atoms in total. The number of benzene rings is 1. The summed E-state index contributed by atoms with van der Waals surface area (Å²) in [7, 11) is 0. The predicted molar refractivity (Wildman–Crippen MR) is 74.1 cm³/mol. The van der Waals surface area contributed by atoms with Gasteiger partial charge in [-0.1, -0.05) is 12.1 Å². The average molecular weight is 292 g/mol. The molecule has 21 heavy (non-hydrogen) atoms. The Morgan fingerprint density at radius 3 is 2.52 bits per heavy atom. The van der Waals surface area contributed by atoms with E-state index >= 15 is 0 Å². The molecule has 0 bridgehead atoms. The van der Waals surface area contributed by atoms with Crippen molar-refractivity contribution < 1.29 is 24.2 Å². The van der Waals surface area contributed by atoms with Crippen LogP contribution < -0.4 is 5.43 Å². The molecule has 7 heteroatoms. The molecule has 1 heterocycles. The molecule has 1 aromatic carbocycles. The second-order valence-electron chi connectivity index (χ2n) is 4.73. The van der Waals surface area contributed by atoms with Crippen LogP contribution in [0.1, 0.15) is 29.3 Å². The number of amides is 1. The van der Waals surface area contributed by atoms with E-state index in [0.717, 1.165) is 0 Å². The summed E-state index contributed by atoms with van der Waals surface area (Å²) in [5, 5.41) is 12.6. The van der Waals surface area contributed by atoms with E-state index in [1.54, 1.807) is 19.1 Å². The monoisotopic (exact) mass is 292 g/mol. The maximum absolute atomic E-state index is 11.7. The van der Waals surface area contributed by atoms with Crippen LogP contribution in [-0.4, -0.2) is 42.2 Å². The molecule has 0 spiro atoms. The minimum Gasteiger partial charge on any atom is -0.478 e. The minimum atomic E-state index is -0.989. The summed E-state index contributed by atoms with van der Waals surface area (Å²) < 4.78 is 10.6. The van der Waals surface area contributed by atoms with Crippen LogP contribution in [-0.2, 0) is 14.3 Å². The van der Waals surface area contributed by atoms with Gasteiger partial charge in [-0.3, -0.25) is 4.79 Å². The molecular weight excluding hydrogens is 276 g/mol. The zero-order valence-corrected chi connectivity index (χ0v) is 11.5. The van der Waals surface area contributed by atoms with Gasteiger partial charge < -0.3 is 14.6 Å². The van der Waals surface area contributed by atoms with Gasteiger partial charge in [-0.15, -0.1) is 0 Å². The number of hydrogen-bond acceptors (Lipinski definition) is 5. The van der Waals surface area contributed by atoms with Crippen LogP contribution in [0.25, 0.3) is 0 Å². The number of carboxylic acids is 1. The second kappa shape index (κ2) is 6.47. The summed E-state index contributed by atoms with van der Waals surface area (Å²) >= 11 is 0. The first kappa shape index (κ1) is 15.1. The maximum Gasteiger partial charge on any atom is 0.335 e. The minimum absolute atomic E-state index is 0.0578. The second-order valence-corrected chi connectivity index (χ2v) is 4.73. The normalized spacial score (nSPS) is 17.0. The molecular formula is C14H16N2O5. The van der Waals surface area contributed by atoms with Crippen molar-refractivity contribution in [2.24, 2.45) is 5.10 Å². The number of carboxylic acid groups (broad SMARTS) is 1. The van der Waals surface area contributed by atoms with Crippen molar-refractivity contribution in [3.8, 4) is 0 Å². The molecule has 1 saturated heterocycles. The highest BCUT2D eigenvalue weighted by Crippen LogP contribution is 2.22. The first-order chi connectivity index (χ1) is 9.98. The third-order valence-corrected chi connectivity index (χ3v) is 2.94. The lowest BCUT2D eigenvalue weighted by Crippen LogP contribution is -2.33. The van der Waals surface area contributed by atoms with Gasteiger partial charge in [0.15, 0.2) is 5.79 Å². The Morgan fingerprint density at radius 1 is 1.33 bits per heavy atom. The van der Waals surface area contributed by atoms with Gasteiger partial charge in [0.1, 0.15) is 0 Å². The van der Waals surface area contributed by atoms with Gasteiger partial charge in [-0.2, -0.15) is 5.10 Å². The molecule has 0 saturated carbocycles. The number of rotatable bonds is 5. The smallest absolute Gasteiger partial charge is 0.335 e. The van der Waals surface area contributed by atoms with Crippen LogP contribution >= 0.6 is 0 Å². The molecule has 1 amide bonds.